The van der Waals surface area contributed by atoms with Crippen molar-refractivity contribution in [1.82, 2.24) is 4.90 Å². The molecule has 2 aromatic rings. The standard InChI is InChI=1S/C33H44N2O5/c1-2-3-4-5-6-7-8-9-10-11-12-13-14-18-24-34-30(27-22-19-23-28(25-27)35(39)40)29(32(37)33(34)38)31(36)26-20-16-15-17-21-26/h15-17,19-23,25,30,36H,2-14,18,24H2,1H3/t30-/m1/s1. The Morgan fingerprint density at radius 1 is 0.800 bits per heavy atom. The van der Waals surface area contributed by atoms with Gasteiger partial charge >= 0.3 is 0 Å². The molecule has 0 aliphatic carbocycles. The van der Waals surface area contributed by atoms with Crippen LogP contribution in [-0.2, 0) is 9.59 Å². The van der Waals surface area contributed by atoms with E-state index < -0.39 is 22.7 Å². The molecule has 0 aromatic heterocycles. The van der Waals surface area contributed by atoms with Crippen LogP contribution < -0.4 is 0 Å². The number of amides is 1. The summed E-state index contributed by atoms with van der Waals surface area (Å²) in [7, 11) is 0. The van der Waals surface area contributed by atoms with Crippen LogP contribution in [0.5, 0.6) is 0 Å². The number of nitro benzene ring substituents is 1. The van der Waals surface area contributed by atoms with Crippen LogP contribution in [0.15, 0.2) is 60.2 Å². The minimum absolute atomic E-state index is 0.0259. The van der Waals surface area contributed by atoms with E-state index in [9.17, 15) is 24.8 Å². The van der Waals surface area contributed by atoms with Gasteiger partial charge in [0.05, 0.1) is 16.5 Å². The highest BCUT2D eigenvalue weighted by Crippen LogP contribution is 2.40. The van der Waals surface area contributed by atoms with Crippen LogP contribution in [0.2, 0.25) is 0 Å². The lowest BCUT2D eigenvalue weighted by Gasteiger charge is -2.25. The summed E-state index contributed by atoms with van der Waals surface area (Å²) in [6, 6.07) is 13.7. The molecule has 1 aliphatic rings. The number of rotatable bonds is 18. The monoisotopic (exact) mass is 548 g/mol. The van der Waals surface area contributed by atoms with Gasteiger partial charge in [-0.3, -0.25) is 19.7 Å². The van der Waals surface area contributed by atoms with Gasteiger partial charge < -0.3 is 10.0 Å². The van der Waals surface area contributed by atoms with Crippen molar-refractivity contribution in [3.8, 4) is 0 Å². The average molecular weight is 549 g/mol. The molecular formula is C33H44N2O5. The quantitative estimate of drug-likeness (QED) is 0.0502. The first-order valence-corrected chi connectivity index (χ1v) is 15.0. The van der Waals surface area contributed by atoms with Crippen molar-refractivity contribution in [3.05, 3.63) is 81.4 Å². The Hall–Kier alpha value is -3.48. The molecular weight excluding hydrogens is 504 g/mol. The third kappa shape index (κ3) is 8.77. The number of hydrogen-bond donors (Lipinski definition) is 1. The minimum atomic E-state index is -0.873. The van der Waals surface area contributed by atoms with E-state index in [1.807, 2.05) is 0 Å². The topological polar surface area (TPSA) is 101 Å². The van der Waals surface area contributed by atoms with Crippen molar-refractivity contribution in [2.24, 2.45) is 0 Å². The number of nitrogens with zero attached hydrogens (tertiary/aromatic N) is 2. The molecule has 1 amide bonds. The van der Waals surface area contributed by atoms with Crippen molar-refractivity contribution in [3.63, 3.8) is 0 Å². The summed E-state index contributed by atoms with van der Waals surface area (Å²) in [4.78, 5) is 38.7. The van der Waals surface area contributed by atoms with Crippen LogP contribution >= 0.6 is 0 Å². The van der Waals surface area contributed by atoms with E-state index in [2.05, 4.69) is 6.92 Å². The molecule has 2 aromatic carbocycles. The number of Topliss-reactive ketones (excluding diaryl/α,β-unsaturated/α-hetero) is 1. The van der Waals surface area contributed by atoms with Gasteiger partial charge in [0, 0.05) is 24.2 Å². The number of carbonyl (C=O) groups is 2. The van der Waals surface area contributed by atoms with Crippen molar-refractivity contribution >= 4 is 23.1 Å². The number of hydrogen-bond acceptors (Lipinski definition) is 5. The van der Waals surface area contributed by atoms with Gasteiger partial charge in [-0.1, -0.05) is 133 Å². The van der Waals surface area contributed by atoms with Gasteiger partial charge in [-0.25, -0.2) is 0 Å². The van der Waals surface area contributed by atoms with E-state index in [1.54, 1.807) is 42.5 Å². The number of benzene rings is 2. The molecule has 40 heavy (non-hydrogen) atoms. The lowest BCUT2D eigenvalue weighted by atomic mass is 9.95. The fourth-order valence-corrected chi connectivity index (χ4v) is 5.49. The zero-order valence-electron chi connectivity index (χ0n) is 23.9. The lowest BCUT2D eigenvalue weighted by Crippen LogP contribution is -2.30. The predicted octanol–water partition coefficient (Wildman–Crippen LogP) is 8.50. The largest absolute Gasteiger partial charge is 0.507 e. The van der Waals surface area contributed by atoms with Gasteiger partial charge in [0.15, 0.2) is 0 Å². The van der Waals surface area contributed by atoms with Crippen molar-refractivity contribution in [2.45, 2.75) is 103 Å². The molecule has 1 atom stereocenters. The maximum Gasteiger partial charge on any atom is 0.295 e. The second-order valence-electron chi connectivity index (χ2n) is 10.8. The first kappa shape index (κ1) is 31.1. The number of likely N-dealkylation sites (tertiary alicyclic amines) is 1. The van der Waals surface area contributed by atoms with E-state index in [1.165, 1.54) is 81.2 Å². The average Bonchev–Trinajstić information content (AvgIpc) is 3.22. The van der Waals surface area contributed by atoms with E-state index >= 15 is 0 Å². The zero-order valence-corrected chi connectivity index (χ0v) is 23.9. The van der Waals surface area contributed by atoms with E-state index in [4.69, 9.17) is 0 Å². The highest BCUT2D eigenvalue weighted by molar-refractivity contribution is 6.46. The molecule has 0 radical (unpaired) electrons. The second-order valence-corrected chi connectivity index (χ2v) is 10.8. The normalized spacial score (nSPS) is 16.5. The highest BCUT2D eigenvalue weighted by atomic mass is 16.6. The van der Waals surface area contributed by atoms with Crippen LogP contribution in [0.4, 0.5) is 5.69 Å². The summed E-state index contributed by atoms with van der Waals surface area (Å²) in [5.74, 6) is -1.70. The Bertz CT molecular complexity index is 1140. The summed E-state index contributed by atoms with van der Waals surface area (Å²) in [6.45, 7) is 2.59. The Morgan fingerprint density at radius 3 is 1.90 bits per heavy atom. The molecule has 0 bridgehead atoms. The van der Waals surface area contributed by atoms with Gasteiger partial charge in [0.1, 0.15) is 5.76 Å². The summed E-state index contributed by atoms with van der Waals surface area (Å²) >= 11 is 0. The number of carbonyl (C=O) groups excluding carboxylic acids is 2. The fraction of sp³-hybridized carbons (Fsp3) is 0.515. The highest BCUT2D eigenvalue weighted by Gasteiger charge is 2.46. The van der Waals surface area contributed by atoms with Gasteiger partial charge in [0.25, 0.3) is 17.4 Å². The Labute approximate surface area is 238 Å². The molecule has 1 fully saturated rings. The van der Waals surface area contributed by atoms with Crippen LogP contribution in [0.3, 0.4) is 0 Å². The molecule has 216 valence electrons. The van der Waals surface area contributed by atoms with Gasteiger partial charge in [-0.05, 0) is 12.0 Å². The zero-order chi connectivity index (χ0) is 28.7. The molecule has 1 aliphatic heterocycles. The lowest BCUT2D eigenvalue weighted by molar-refractivity contribution is -0.384. The molecule has 0 unspecified atom stereocenters. The van der Waals surface area contributed by atoms with Crippen molar-refractivity contribution in [2.75, 3.05) is 6.54 Å². The minimum Gasteiger partial charge on any atom is -0.507 e. The molecule has 0 saturated carbocycles. The van der Waals surface area contributed by atoms with Crippen LogP contribution in [-0.4, -0.2) is 33.2 Å². The molecule has 0 spiro atoms. The van der Waals surface area contributed by atoms with E-state index in [-0.39, 0.29) is 17.0 Å². The van der Waals surface area contributed by atoms with Crippen LogP contribution in [0, 0.1) is 10.1 Å². The van der Waals surface area contributed by atoms with E-state index in [0.717, 1.165) is 25.7 Å². The number of unbranched alkanes of at least 4 members (excludes halogenated alkanes) is 13. The van der Waals surface area contributed by atoms with Gasteiger partial charge in [-0.15, -0.1) is 0 Å². The first-order valence-electron chi connectivity index (χ1n) is 15.0. The van der Waals surface area contributed by atoms with Crippen molar-refractivity contribution < 1.29 is 19.6 Å². The SMILES string of the molecule is CCCCCCCCCCCCCCCCN1C(=O)C(=O)C(=C(O)c2ccccc2)[C@H]1c1cccc([N+](=O)[O-])c1. The van der Waals surface area contributed by atoms with Crippen LogP contribution in [0.1, 0.15) is 114 Å². The van der Waals surface area contributed by atoms with Gasteiger partial charge in [-0.2, -0.15) is 0 Å². The maximum atomic E-state index is 13.1. The summed E-state index contributed by atoms with van der Waals surface area (Å²) in [5, 5.41) is 22.5. The van der Waals surface area contributed by atoms with Crippen LogP contribution in [0.25, 0.3) is 5.76 Å². The Balaban J connectivity index is 1.57. The number of aliphatic hydroxyl groups is 1. The van der Waals surface area contributed by atoms with Gasteiger partial charge in [0.2, 0.25) is 0 Å². The second kappa shape index (κ2) is 16.6. The third-order valence-electron chi connectivity index (χ3n) is 7.74. The molecule has 7 heteroatoms. The maximum absolute atomic E-state index is 13.1. The molecule has 1 heterocycles. The molecule has 3 rings (SSSR count). The number of ketones is 1. The first-order chi connectivity index (χ1) is 19.5. The number of non-ortho nitro benzene ring substituents is 1. The Kier molecular flexibility index (Phi) is 12.9. The summed E-state index contributed by atoms with van der Waals surface area (Å²) < 4.78 is 0. The Morgan fingerprint density at radius 2 is 1.35 bits per heavy atom. The van der Waals surface area contributed by atoms with E-state index in [0.29, 0.717) is 17.7 Å². The molecule has 7 nitrogen and oxygen atoms in total. The predicted molar refractivity (Wildman–Crippen MR) is 159 cm³/mol. The summed E-state index contributed by atoms with van der Waals surface area (Å²) in [5.41, 5.74) is 0.713. The fourth-order valence-electron chi connectivity index (χ4n) is 5.49. The summed E-state index contributed by atoms with van der Waals surface area (Å²) in [6.07, 6.45) is 17.0. The molecule has 1 saturated heterocycles. The number of nitro groups is 1. The number of aliphatic hydroxyl groups excluding tert-OH is 1. The molecule has 1 N–H and O–H groups in total. The van der Waals surface area contributed by atoms with Crippen molar-refractivity contribution in [1.29, 1.82) is 0 Å². The third-order valence-corrected chi connectivity index (χ3v) is 7.74. The smallest absolute Gasteiger partial charge is 0.295 e.